The smallest absolute Gasteiger partial charge is 0.123 e. The van der Waals surface area contributed by atoms with Gasteiger partial charge in [0.25, 0.3) is 0 Å². The number of halogens is 2. The number of benzene rings is 2. The minimum Gasteiger partial charge on any atom is -0.398 e. The van der Waals surface area contributed by atoms with Crippen LogP contribution in [0.4, 0.5) is 10.1 Å². The van der Waals surface area contributed by atoms with E-state index >= 15 is 0 Å². The van der Waals surface area contributed by atoms with Crippen molar-refractivity contribution >= 4 is 21.6 Å². The molecule has 0 aromatic heterocycles. The van der Waals surface area contributed by atoms with Crippen LogP contribution in [0.3, 0.4) is 0 Å². The summed E-state index contributed by atoms with van der Waals surface area (Å²) in [6, 6.07) is 12.0. The van der Waals surface area contributed by atoms with Crippen LogP contribution in [0.2, 0.25) is 0 Å². The lowest BCUT2D eigenvalue weighted by Gasteiger charge is -2.04. The first-order chi connectivity index (χ1) is 7.16. The molecule has 0 radical (unpaired) electrons. The predicted octanol–water partition coefficient (Wildman–Crippen LogP) is 3.84. The third-order valence-corrected chi connectivity index (χ3v) is 2.86. The Hall–Kier alpha value is -1.35. The maximum absolute atomic E-state index is 12.7. The Balaban J connectivity index is 2.45. The second kappa shape index (κ2) is 4.03. The van der Waals surface area contributed by atoms with E-state index in [1.165, 1.54) is 12.1 Å². The Labute approximate surface area is 95.9 Å². The number of hydrogen-bond donors (Lipinski definition) is 1. The second-order valence-electron chi connectivity index (χ2n) is 3.24. The molecule has 0 unspecified atom stereocenters. The average Bonchev–Trinajstić information content (AvgIpc) is 2.23. The van der Waals surface area contributed by atoms with Crippen LogP contribution in [0.15, 0.2) is 46.9 Å². The minimum absolute atomic E-state index is 0.228. The van der Waals surface area contributed by atoms with Crippen LogP contribution in [0.5, 0.6) is 0 Å². The van der Waals surface area contributed by atoms with Gasteiger partial charge in [-0.15, -0.1) is 0 Å². The normalized spacial score (nSPS) is 10.3. The highest BCUT2D eigenvalue weighted by atomic mass is 79.9. The zero-order valence-corrected chi connectivity index (χ0v) is 9.46. The molecule has 1 nitrogen and oxygen atoms in total. The van der Waals surface area contributed by atoms with Gasteiger partial charge in [0.2, 0.25) is 0 Å². The molecule has 2 aromatic carbocycles. The molecule has 15 heavy (non-hydrogen) atoms. The first-order valence-corrected chi connectivity index (χ1v) is 5.27. The van der Waals surface area contributed by atoms with E-state index in [4.69, 9.17) is 5.73 Å². The summed E-state index contributed by atoms with van der Waals surface area (Å²) in [6.07, 6.45) is 0. The maximum Gasteiger partial charge on any atom is 0.123 e. The minimum atomic E-state index is -0.228. The van der Waals surface area contributed by atoms with Crippen molar-refractivity contribution in [3.05, 3.63) is 52.8 Å². The first-order valence-electron chi connectivity index (χ1n) is 4.48. The molecule has 2 N–H and O–H groups in total. The topological polar surface area (TPSA) is 26.0 Å². The van der Waals surface area contributed by atoms with Crippen molar-refractivity contribution in [1.82, 2.24) is 0 Å². The number of hydrogen-bond acceptors (Lipinski definition) is 1. The van der Waals surface area contributed by atoms with Crippen LogP contribution in [-0.4, -0.2) is 0 Å². The van der Waals surface area contributed by atoms with Crippen LogP contribution < -0.4 is 5.73 Å². The predicted molar refractivity (Wildman–Crippen MR) is 63.9 cm³/mol. The van der Waals surface area contributed by atoms with Gasteiger partial charge in [0.1, 0.15) is 5.82 Å². The molecule has 0 saturated carbocycles. The van der Waals surface area contributed by atoms with Gasteiger partial charge in [-0.05, 0) is 51.3 Å². The summed E-state index contributed by atoms with van der Waals surface area (Å²) >= 11 is 3.36. The van der Waals surface area contributed by atoms with E-state index in [0.717, 1.165) is 15.6 Å². The zero-order chi connectivity index (χ0) is 10.8. The van der Waals surface area contributed by atoms with Gasteiger partial charge in [0.05, 0.1) is 0 Å². The molecule has 0 fully saturated rings. The molecule has 3 heteroatoms. The SMILES string of the molecule is Nc1ccc(-c2ccc(F)cc2)cc1Br. The molecule has 0 saturated heterocycles. The van der Waals surface area contributed by atoms with Crippen molar-refractivity contribution < 1.29 is 4.39 Å². The van der Waals surface area contributed by atoms with Gasteiger partial charge in [-0.25, -0.2) is 4.39 Å². The van der Waals surface area contributed by atoms with Crippen LogP contribution >= 0.6 is 15.9 Å². The molecule has 0 aliphatic heterocycles. The maximum atomic E-state index is 12.7. The first kappa shape index (κ1) is 10.2. The van der Waals surface area contributed by atoms with Crippen molar-refractivity contribution in [2.24, 2.45) is 0 Å². The molecule has 2 aromatic rings. The van der Waals surface area contributed by atoms with E-state index in [0.29, 0.717) is 5.69 Å². The summed E-state index contributed by atoms with van der Waals surface area (Å²) in [4.78, 5) is 0. The lowest BCUT2D eigenvalue weighted by molar-refractivity contribution is 0.628. The largest absolute Gasteiger partial charge is 0.398 e. The lowest BCUT2D eigenvalue weighted by Crippen LogP contribution is -1.86. The molecule has 0 aliphatic carbocycles. The van der Waals surface area contributed by atoms with Crippen LogP contribution in [0, 0.1) is 5.82 Å². The van der Waals surface area contributed by atoms with Crippen molar-refractivity contribution in [2.45, 2.75) is 0 Å². The number of anilines is 1. The standard InChI is InChI=1S/C12H9BrFN/c13-11-7-9(3-6-12(11)15)8-1-4-10(14)5-2-8/h1-7H,15H2. The number of nitrogens with two attached hydrogens (primary N) is 1. The Morgan fingerprint density at radius 3 is 2.13 bits per heavy atom. The van der Waals surface area contributed by atoms with E-state index in [1.54, 1.807) is 12.1 Å². The highest BCUT2D eigenvalue weighted by Gasteiger charge is 2.00. The monoisotopic (exact) mass is 265 g/mol. The van der Waals surface area contributed by atoms with E-state index in [9.17, 15) is 4.39 Å². The number of nitrogen functional groups attached to an aromatic ring is 1. The van der Waals surface area contributed by atoms with Crippen LogP contribution in [0.1, 0.15) is 0 Å². The molecular formula is C12H9BrFN. The van der Waals surface area contributed by atoms with E-state index in [-0.39, 0.29) is 5.82 Å². The van der Waals surface area contributed by atoms with Crippen molar-refractivity contribution in [2.75, 3.05) is 5.73 Å². The van der Waals surface area contributed by atoms with Gasteiger partial charge in [-0.3, -0.25) is 0 Å². The van der Waals surface area contributed by atoms with E-state index < -0.39 is 0 Å². The third kappa shape index (κ3) is 2.18. The molecule has 0 heterocycles. The molecule has 0 atom stereocenters. The molecule has 0 aliphatic rings. The van der Waals surface area contributed by atoms with E-state index in [2.05, 4.69) is 15.9 Å². The highest BCUT2D eigenvalue weighted by molar-refractivity contribution is 9.10. The summed E-state index contributed by atoms with van der Waals surface area (Å²) < 4.78 is 13.6. The van der Waals surface area contributed by atoms with Gasteiger partial charge in [-0.2, -0.15) is 0 Å². The molecule has 0 amide bonds. The fourth-order valence-corrected chi connectivity index (χ4v) is 1.73. The fraction of sp³-hybridized carbons (Fsp3) is 0. The van der Waals surface area contributed by atoms with Crippen molar-refractivity contribution in [3.63, 3.8) is 0 Å². The van der Waals surface area contributed by atoms with Gasteiger partial charge in [0, 0.05) is 10.2 Å². The Morgan fingerprint density at radius 2 is 1.53 bits per heavy atom. The quantitative estimate of drug-likeness (QED) is 0.780. The molecular weight excluding hydrogens is 257 g/mol. The van der Waals surface area contributed by atoms with Crippen molar-refractivity contribution in [1.29, 1.82) is 0 Å². The zero-order valence-electron chi connectivity index (χ0n) is 7.87. The van der Waals surface area contributed by atoms with Gasteiger partial charge < -0.3 is 5.73 Å². The van der Waals surface area contributed by atoms with E-state index in [1.807, 2.05) is 18.2 Å². The average molecular weight is 266 g/mol. The summed E-state index contributed by atoms with van der Waals surface area (Å²) in [5.41, 5.74) is 8.36. The van der Waals surface area contributed by atoms with Crippen LogP contribution in [0.25, 0.3) is 11.1 Å². The Bertz CT molecular complexity index is 479. The van der Waals surface area contributed by atoms with Gasteiger partial charge >= 0.3 is 0 Å². The molecule has 0 spiro atoms. The molecule has 0 bridgehead atoms. The summed E-state index contributed by atoms with van der Waals surface area (Å²) in [6.45, 7) is 0. The van der Waals surface area contributed by atoms with Crippen LogP contribution in [-0.2, 0) is 0 Å². The summed E-state index contributed by atoms with van der Waals surface area (Å²) in [5, 5.41) is 0. The van der Waals surface area contributed by atoms with Crippen molar-refractivity contribution in [3.8, 4) is 11.1 Å². The second-order valence-corrected chi connectivity index (χ2v) is 4.10. The number of rotatable bonds is 1. The Kier molecular flexibility index (Phi) is 2.73. The summed E-state index contributed by atoms with van der Waals surface area (Å²) in [7, 11) is 0. The Morgan fingerprint density at radius 1 is 0.933 bits per heavy atom. The molecule has 2 rings (SSSR count). The summed E-state index contributed by atoms with van der Waals surface area (Å²) in [5.74, 6) is -0.228. The third-order valence-electron chi connectivity index (χ3n) is 2.18. The molecule has 76 valence electrons. The van der Waals surface area contributed by atoms with Gasteiger partial charge in [-0.1, -0.05) is 18.2 Å². The van der Waals surface area contributed by atoms with Gasteiger partial charge in [0.15, 0.2) is 0 Å². The highest BCUT2D eigenvalue weighted by Crippen LogP contribution is 2.27. The lowest BCUT2D eigenvalue weighted by atomic mass is 10.1. The fourth-order valence-electron chi connectivity index (χ4n) is 1.35.